The fourth-order valence-electron chi connectivity index (χ4n) is 1.74. The van der Waals surface area contributed by atoms with Gasteiger partial charge in [0.15, 0.2) is 5.69 Å². The SMILES string of the molecule is CCn1nc(C)c(N)c1C(=O)OCCC(=O)NC(C)C. The first kappa shape index (κ1) is 16.0. The Bertz CT molecular complexity index is 494. The van der Waals surface area contributed by atoms with Gasteiger partial charge in [0.1, 0.15) is 6.61 Å². The van der Waals surface area contributed by atoms with E-state index in [0.29, 0.717) is 17.9 Å². The lowest BCUT2D eigenvalue weighted by Gasteiger charge is -2.09. The molecular weight excluding hydrogens is 260 g/mol. The van der Waals surface area contributed by atoms with Gasteiger partial charge in [0.05, 0.1) is 17.8 Å². The molecular formula is C13H22N4O3. The number of hydrogen-bond donors (Lipinski definition) is 2. The Morgan fingerprint density at radius 1 is 1.45 bits per heavy atom. The zero-order valence-electron chi connectivity index (χ0n) is 12.4. The van der Waals surface area contributed by atoms with E-state index in [1.807, 2.05) is 20.8 Å². The summed E-state index contributed by atoms with van der Waals surface area (Å²) in [5, 5.41) is 6.87. The van der Waals surface area contributed by atoms with E-state index < -0.39 is 5.97 Å². The molecule has 1 aromatic heterocycles. The monoisotopic (exact) mass is 282 g/mol. The fourth-order valence-corrected chi connectivity index (χ4v) is 1.74. The molecule has 20 heavy (non-hydrogen) atoms. The van der Waals surface area contributed by atoms with Crippen molar-refractivity contribution in [3.63, 3.8) is 0 Å². The van der Waals surface area contributed by atoms with Crippen molar-refractivity contribution in [1.82, 2.24) is 15.1 Å². The molecule has 1 rings (SSSR count). The molecule has 7 nitrogen and oxygen atoms in total. The van der Waals surface area contributed by atoms with Crippen LogP contribution >= 0.6 is 0 Å². The highest BCUT2D eigenvalue weighted by Gasteiger charge is 2.20. The van der Waals surface area contributed by atoms with E-state index in [2.05, 4.69) is 10.4 Å². The lowest BCUT2D eigenvalue weighted by Crippen LogP contribution is -2.31. The van der Waals surface area contributed by atoms with Crippen LogP contribution in [0.4, 0.5) is 5.69 Å². The first-order valence-corrected chi connectivity index (χ1v) is 6.66. The van der Waals surface area contributed by atoms with Crippen LogP contribution in [0.3, 0.4) is 0 Å². The largest absolute Gasteiger partial charge is 0.460 e. The van der Waals surface area contributed by atoms with Gasteiger partial charge in [-0.15, -0.1) is 0 Å². The van der Waals surface area contributed by atoms with Crippen molar-refractivity contribution >= 4 is 17.6 Å². The summed E-state index contributed by atoms with van der Waals surface area (Å²) < 4.78 is 6.58. The molecule has 0 fully saturated rings. The molecule has 7 heteroatoms. The van der Waals surface area contributed by atoms with Gasteiger partial charge in [-0.2, -0.15) is 5.10 Å². The van der Waals surface area contributed by atoms with Crippen LogP contribution in [-0.2, 0) is 16.1 Å². The van der Waals surface area contributed by atoms with Gasteiger partial charge in [0, 0.05) is 12.6 Å². The Kier molecular flexibility index (Phi) is 5.54. The highest BCUT2D eigenvalue weighted by atomic mass is 16.5. The van der Waals surface area contributed by atoms with Crippen LogP contribution in [-0.4, -0.2) is 34.3 Å². The Morgan fingerprint density at radius 2 is 2.10 bits per heavy atom. The predicted molar refractivity (Wildman–Crippen MR) is 75.2 cm³/mol. The maximum Gasteiger partial charge on any atom is 0.358 e. The number of nitrogen functional groups attached to an aromatic ring is 1. The Hall–Kier alpha value is -2.05. The number of ether oxygens (including phenoxy) is 1. The second kappa shape index (κ2) is 6.93. The van der Waals surface area contributed by atoms with E-state index in [0.717, 1.165) is 0 Å². The van der Waals surface area contributed by atoms with Gasteiger partial charge in [0.2, 0.25) is 5.91 Å². The molecule has 0 aliphatic rings. The highest BCUT2D eigenvalue weighted by molar-refractivity contribution is 5.94. The molecule has 0 saturated heterocycles. The number of nitrogens with one attached hydrogen (secondary N) is 1. The molecule has 0 aliphatic carbocycles. The number of aryl methyl sites for hydroxylation is 2. The van der Waals surface area contributed by atoms with Gasteiger partial charge in [-0.25, -0.2) is 4.79 Å². The second-order valence-corrected chi connectivity index (χ2v) is 4.77. The average molecular weight is 282 g/mol. The summed E-state index contributed by atoms with van der Waals surface area (Å²) in [6.07, 6.45) is 0.128. The normalized spacial score (nSPS) is 10.7. The molecule has 3 N–H and O–H groups in total. The average Bonchev–Trinajstić information content (AvgIpc) is 2.64. The van der Waals surface area contributed by atoms with E-state index in [1.165, 1.54) is 4.68 Å². The van der Waals surface area contributed by atoms with Crippen LogP contribution in [0.25, 0.3) is 0 Å². The van der Waals surface area contributed by atoms with Crippen LogP contribution in [0.15, 0.2) is 0 Å². The second-order valence-electron chi connectivity index (χ2n) is 4.77. The summed E-state index contributed by atoms with van der Waals surface area (Å²) in [7, 11) is 0. The molecule has 0 aromatic carbocycles. The van der Waals surface area contributed by atoms with Crippen LogP contribution in [0, 0.1) is 6.92 Å². The van der Waals surface area contributed by atoms with E-state index in [4.69, 9.17) is 10.5 Å². The van der Waals surface area contributed by atoms with Gasteiger partial charge in [0.25, 0.3) is 0 Å². The van der Waals surface area contributed by atoms with Gasteiger partial charge in [-0.05, 0) is 27.7 Å². The number of nitrogens with zero attached hydrogens (tertiary/aromatic N) is 2. The fraction of sp³-hybridized carbons (Fsp3) is 0.615. The quantitative estimate of drug-likeness (QED) is 0.754. The molecule has 0 saturated carbocycles. The van der Waals surface area contributed by atoms with Gasteiger partial charge >= 0.3 is 5.97 Å². The zero-order chi connectivity index (χ0) is 15.3. The van der Waals surface area contributed by atoms with Gasteiger partial charge in [-0.1, -0.05) is 0 Å². The topological polar surface area (TPSA) is 99.2 Å². The Morgan fingerprint density at radius 3 is 2.65 bits per heavy atom. The third kappa shape index (κ3) is 3.97. The zero-order valence-corrected chi connectivity index (χ0v) is 12.4. The van der Waals surface area contributed by atoms with Crippen molar-refractivity contribution in [3.8, 4) is 0 Å². The first-order chi connectivity index (χ1) is 9.36. The van der Waals surface area contributed by atoms with E-state index >= 15 is 0 Å². The summed E-state index contributed by atoms with van der Waals surface area (Å²) in [5.74, 6) is -0.705. The smallest absolute Gasteiger partial charge is 0.358 e. The molecule has 112 valence electrons. The molecule has 1 amide bonds. The number of hydrogen-bond acceptors (Lipinski definition) is 5. The van der Waals surface area contributed by atoms with Crippen LogP contribution < -0.4 is 11.1 Å². The third-order valence-electron chi connectivity index (χ3n) is 2.68. The first-order valence-electron chi connectivity index (χ1n) is 6.66. The maximum atomic E-state index is 12.0. The van der Waals surface area contributed by atoms with Crippen molar-refractivity contribution in [2.24, 2.45) is 0 Å². The molecule has 0 atom stereocenters. The number of nitrogens with two attached hydrogens (primary N) is 1. The van der Waals surface area contributed by atoms with Crippen molar-refractivity contribution in [3.05, 3.63) is 11.4 Å². The maximum absolute atomic E-state index is 12.0. The van der Waals surface area contributed by atoms with Gasteiger partial charge in [-0.3, -0.25) is 9.48 Å². The number of carbonyl (C=O) groups excluding carboxylic acids is 2. The van der Waals surface area contributed by atoms with Gasteiger partial charge < -0.3 is 15.8 Å². The van der Waals surface area contributed by atoms with E-state index in [1.54, 1.807) is 6.92 Å². The lowest BCUT2D eigenvalue weighted by molar-refractivity contribution is -0.122. The number of esters is 1. The third-order valence-corrected chi connectivity index (χ3v) is 2.68. The number of rotatable bonds is 6. The van der Waals surface area contributed by atoms with Crippen LogP contribution in [0.1, 0.15) is 43.4 Å². The minimum atomic E-state index is -0.553. The van der Waals surface area contributed by atoms with Crippen molar-refractivity contribution < 1.29 is 14.3 Å². The van der Waals surface area contributed by atoms with Crippen molar-refractivity contribution in [2.45, 2.75) is 46.7 Å². The van der Waals surface area contributed by atoms with E-state index in [9.17, 15) is 9.59 Å². The molecule has 0 spiro atoms. The number of aromatic nitrogens is 2. The molecule has 1 heterocycles. The minimum absolute atomic E-state index is 0.0186. The lowest BCUT2D eigenvalue weighted by atomic mass is 10.3. The summed E-state index contributed by atoms with van der Waals surface area (Å²) in [5.41, 5.74) is 6.98. The predicted octanol–water partition coefficient (Wildman–Crippen LogP) is 0.865. The summed E-state index contributed by atoms with van der Waals surface area (Å²) in [6.45, 7) is 7.87. The molecule has 0 unspecified atom stereocenters. The summed E-state index contributed by atoms with van der Waals surface area (Å²) in [4.78, 5) is 23.4. The standard InChI is InChI=1S/C13H22N4O3/c1-5-17-12(11(14)9(4)16-17)13(19)20-7-6-10(18)15-8(2)3/h8H,5-7,14H2,1-4H3,(H,15,18). The molecule has 1 aromatic rings. The highest BCUT2D eigenvalue weighted by Crippen LogP contribution is 2.17. The van der Waals surface area contributed by atoms with Crippen LogP contribution in [0.2, 0.25) is 0 Å². The van der Waals surface area contributed by atoms with Crippen LogP contribution in [0.5, 0.6) is 0 Å². The van der Waals surface area contributed by atoms with Crippen molar-refractivity contribution in [1.29, 1.82) is 0 Å². The van der Waals surface area contributed by atoms with E-state index in [-0.39, 0.29) is 30.7 Å². The van der Waals surface area contributed by atoms with Crippen molar-refractivity contribution in [2.75, 3.05) is 12.3 Å². The molecule has 0 radical (unpaired) electrons. The Balaban J connectivity index is 2.58. The number of carbonyl (C=O) groups is 2. The molecule has 0 aliphatic heterocycles. The Labute approximate surface area is 118 Å². The summed E-state index contributed by atoms with van der Waals surface area (Å²) in [6, 6.07) is 0.0676. The number of anilines is 1. The summed E-state index contributed by atoms with van der Waals surface area (Å²) >= 11 is 0. The minimum Gasteiger partial charge on any atom is -0.460 e. The molecule has 0 bridgehead atoms. The number of amides is 1.